The molecule has 8 heteroatoms. The van der Waals surface area contributed by atoms with Gasteiger partial charge in [0.15, 0.2) is 0 Å². The molecule has 0 radical (unpaired) electrons. The third-order valence-corrected chi connectivity index (χ3v) is 3.84. The van der Waals surface area contributed by atoms with Crippen molar-refractivity contribution in [2.75, 3.05) is 6.61 Å². The van der Waals surface area contributed by atoms with Crippen molar-refractivity contribution in [3.63, 3.8) is 0 Å². The molecule has 1 aromatic rings. The van der Waals surface area contributed by atoms with Crippen molar-refractivity contribution in [1.82, 2.24) is 9.55 Å². The third kappa shape index (κ3) is 2.64. The standard InChI is InChI=1S/C12H15BrN2O5/c13-2-1-6-4-15(12(20)14-11(6)19)10-7(5-16)8(17)3-9(10)18/h1-2,4,7-10,16-18H,3,5H2,(H,14,19,20). The number of nitrogens with zero attached hydrogens (tertiary/aromatic N) is 1. The van der Waals surface area contributed by atoms with Crippen LogP contribution in [0, 0.1) is 5.92 Å². The summed E-state index contributed by atoms with van der Waals surface area (Å²) in [5.41, 5.74) is -0.999. The maximum atomic E-state index is 11.9. The van der Waals surface area contributed by atoms with Crippen molar-refractivity contribution in [3.8, 4) is 0 Å². The predicted molar refractivity (Wildman–Crippen MR) is 75.5 cm³/mol. The van der Waals surface area contributed by atoms with Crippen LogP contribution in [0.3, 0.4) is 0 Å². The highest BCUT2D eigenvalue weighted by Gasteiger charge is 2.43. The zero-order chi connectivity index (χ0) is 14.9. The normalized spacial score (nSPS) is 30.2. The minimum absolute atomic E-state index is 0.0745. The summed E-state index contributed by atoms with van der Waals surface area (Å²) in [6.07, 6.45) is 0.986. The second-order valence-corrected chi connectivity index (χ2v) is 5.28. The van der Waals surface area contributed by atoms with Crippen molar-refractivity contribution in [3.05, 3.63) is 37.6 Å². The molecule has 4 N–H and O–H groups in total. The van der Waals surface area contributed by atoms with Crippen LogP contribution in [0.1, 0.15) is 18.0 Å². The van der Waals surface area contributed by atoms with Gasteiger partial charge in [-0.1, -0.05) is 15.9 Å². The number of rotatable bonds is 3. The molecule has 0 saturated heterocycles. The topological polar surface area (TPSA) is 116 Å². The lowest BCUT2D eigenvalue weighted by Gasteiger charge is -2.23. The van der Waals surface area contributed by atoms with Gasteiger partial charge >= 0.3 is 5.69 Å². The first-order valence-electron chi connectivity index (χ1n) is 6.08. The van der Waals surface area contributed by atoms with Crippen LogP contribution in [-0.4, -0.2) is 43.7 Å². The zero-order valence-corrected chi connectivity index (χ0v) is 12.0. The van der Waals surface area contributed by atoms with E-state index in [1.54, 1.807) is 0 Å². The van der Waals surface area contributed by atoms with E-state index in [2.05, 4.69) is 20.9 Å². The van der Waals surface area contributed by atoms with Crippen molar-refractivity contribution < 1.29 is 15.3 Å². The van der Waals surface area contributed by atoms with Gasteiger partial charge in [0.05, 0.1) is 30.4 Å². The molecule has 0 spiro atoms. The van der Waals surface area contributed by atoms with E-state index < -0.39 is 35.4 Å². The van der Waals surface area contributed by atoms with Crippen molar-refractivity contribution in [2.24, 2.45) is 5.92 Å². The van der Waals surface area contributed by atoms with Crippen LogP contribution in [0.4, 0.5) is 0 Å². The minimum Gasteiger partial charge on any atom is -0.396 e. The van der Waals surface area contributed by atoms with Gasteiger partial charge in [-0.05, 0) is 11.1 Å². The van der Waals surface area contributed by atoms with E-state index in [1.807, 2.05) is 0 Å². The predicted octanol–water partition coefficient (Wildman–Crippen LogP) is -0.823. The van der Waals surface area contributed by atoms with E-state index >= 15 is 0 Å². The van der Waals surface area contributed by atoms with Gasteiger partial charge in [0.1, 0.15) is 0 Å². The molecule has 0 aromatic carbocycles. The fourth-order valence-corrected chi connectivity index (χ4v) is 2.89. The average molecular weight is 347 g/mol. The third-order valence-electron chi connectivity index (χ3n) is 3.58. The summed E-state index contributed by atoms with van der Waals surface area (Å²) in [4.78, 5) is 27.1. The Labute approximate surface area is 122 Å². The van der Waals surface area contributed by atoms with Gasteiger partial charge in [-0.15, -0.1) is 0 Å². The van der Waals surface area contributed by atoms with Gasteiger partial charge < -0.3 is 15.3 Å². The van der Waals surface area contributed by atoms with E-state index in [0.717, 1.165) is 4.57 Å². The first-order valence-corrected chi connectivity index (χ1v) is 7.00. The number of H-pyrrole nitrogens is 1. The molecule has 20 heavy (non-hydrogen) atoms. The van der Waals surface area contributed by atoms with Crippen molar-refractivity contribution in [1.29, 1.82) is 0 Å². The molecule has 7 nitrogen and oxygen atoms in total. The molecule has 1 aromatic heterocycles. The first kappa shape index (κ1) is 15.2. The number of aliphatic hydroxyl groups excluding tert-OH is 3. The summed E-state index contributed by atoms with van der Waals surface area (Å²) in [7, 11) is 0. The van der Waals surface area contributed by atoms with E-state index in [-0.39, 0.29) is 18.6 Å². The molecule has 1 aliphatic rings. The summed E-state index contributed by atoms with van der Waals surface area (Å²) in [6, 6.07) is -0.776. The smallest absolute Gasteiger partial charge is 0.328 e. The highest BCUT2D eigenvalue weighted by molar-refractivity contribution is 9.11. The van der Waals surface area contributed by atoms with Gasteiger partial charge in [-0.2, -0.15) is 0 Å². The SMILES string of the molecule is O=c1[nH]c(=O)n(C2C(O)CC(O)C2CO)cc1C=CBr. The van der Waals surface area contributed by atoms with Crippen molar-refractivity contribution in [2.45, 2.75) is 24.7 Å². The Morgan fingerprint density at radius 2 is 2.10 bits per heavy atom. The van der Waals surface area contributed by atoms with Crippen LogP contribution < -0.4 is 11.2 Å². The largest absolute Gasteiger partial charge is 0.396 e. The highest BCUT2D eigenvalue weighted by atomic mass is 79.9. The summed E-state index contributed by atoms with van der Waals surface area (Å²) in [5.74, 6) is -0.658. The number of halogens is 1. The minimum atomic E-state index is -0.966. The Morgan fingerprint density at radius 1 is 1.40 bits per heavy atom. The van der Waals surface area contributed by atoms with Crippen molar-refractivity contribution >= 4 is 22.0 Å². The summed E-state index contributed by atoms with van der Waals surface area (Å²) < 4.78 is 1.16. The second kappa shape index (κ2) is 6.04. The Balaban J connectivity index is 2.54. The second-order valence-electron chi connectivity index (χ2n) is 4.75. The Morgan fingerprint density at radius 3 is 2.70 bits per heavy atom. The molecular formula is C12H15BrN2O5. The van der Waals surface area contributed by atoms with Crippen LogP contribution >= 0.6 is 15.9 Å². The number of aromatic amines is 1. The molecule has 4 unspecified atom stereocenters. The molecule has 0 amide bonds. The summed E-state index contributed by atoms with van der Waals surface area (Å²) >= 11 is 3.04. The lowest BCUT2D eigenvalue weighted by Crippen LogP contribution is -2.39. The van der Waals surface area contributed by atoms with Gasteiger partial charge in [-0.3, -0.25) is 14.3 Å². The number of aromatic nitrogens is 2. The summed E-state index contributed by atoms with van der Waals surface area (Å²) in [5, 5.41) is 29.1. The molecule has 1 saturated carbocycles. The van der Waals surface area contributed by atoms with E-state index in [1.165, 1.54) is 17.3 Å². The molecule has 0 bridgehead atoms. The fraction of sp³-hybridized carbons (Fsp3) is 0.500. The zero-order valence-electron chi connectivity index (χ0n) is 10.4. The van der Waals surface area contributed by atoms with E-state index in [4.69, 9.17) is 0 Å². The molecule has 0 aliphatic heterocycles. The lowest BCUT2D eigenvalue weighted by atomic mass is 10.0. The molecule has 2 rings (SSSR count). The maximum Gasteiger partial charge on any atom is 0.328 e. The number of aliphatic hydroxyl groups is 3. The molecule has 110 valence electrons. The Kier molecular flexibility index (Phi) is 4.59. The molecule has 4 atom stereocenters. The first-order chi connectivity index (χ1) is 9.49. The Hall–Kier alpha value is -1.22. The molecule has 1 heterocycles. The number of hydrogen-bond donors (Lipinski definition) is 4. The monoisotopic (exact) mass is 346 g/mol. The van der Waals surface area contributed by atoms with Crippen LogP contribution in [0.15, 0.2) is 20.8 Å². The van der Waals surface area contributed by atoms with Gasteiger partial charge in [-0.25, -0.2) is 4.79 Å². The number of nitrogens with one attached hydrogen (secondary N) is 1. The van der Waals surface area contributed by atoms with E-state index in [9.17, 15) is 24.9 Å². The summed E-state index contributed by atoms with van der Waals surface area (Å²) in [6.45, 7) is -0.363. The molecule has 1 fully saturated rings. The molecular weight excluding hydrogens is 332 g/mol. The number of hydrogen-bond acceptors (Lipinski definition) is 5. The van der Waals surface area contributed by atoms with Gasteiger partial charge in [0, 0.05) is 18.5 Å². The van der Waals surface area contributed by atoms with Gasteiger partial charge in [0.25, 0.3) is 5.56 Å². The maximum absolute atomic E-state index is 11.9. The van der Waals surface area contributed by atoms with Crippen LogP contribution in [0.25, 0.3) is 6.08 Å². The Bertz CT molecular complexity index is 623. The highest BCUT2D eigenvalue weighted by Crippen LogP contribution is 2.35. The molecule has 1 aliphatic carbocycles. The fourth-order valence-electron chi connectivity index (χ4n) is 2.60. The van der Waals surface area contributed by atoms with Crippen LogP contribution in [0.5, 0.6) is 0 Å². The average Bonchev–Trinajstić information content (AvgIpc) is 2.67. The lowest BCUT2D eigenvalue weighted by molar-refractivity contribution is 0.0690. The van der Waals surface area contributed by atoms with E-state index in [0.29, 0.717) is 0 Å². The van der Waals surface area contributed by atoms with Gasteiger partial charge in [0.2, 0.25) is 0 Å². The van der Waals surface area contributed by atoms with Crippen LogP contribution in [-0.2, 0) is 0 Å². The van der Waals surface area contributed by atoms with Crippen LogP contribution in [0.2, 0.25) is 0 Å². The quantitative estimate of drug-likeness (QED) is 0.570.